The van der Waals surface area contributed by atoms with Crippen LogP contribution in [0.1, 0.15) is 19.3 Å². The Bertz CT molecular complexity index is 810. The van der Waals surface area contributed by atoms with Gasteiger partial charge in [0.1, 0.15) is 11.9 Å². The van der Waals surface area contributed by atoms with Crippen LogP contribution in [0.25, 0.3) is 0 Å². The number of likely N-dealkylation sites (tertiary alicyclic amines) is 2. The minimum absolute atomic E-state index is 0.0368. The molecule has 27 heavy (non-hydrogen) atoms. The second-order valence-corrected chi connectivity index (χ2v) is 7.47. The SMILES string of the molecule is N#CC1CCCN1C(=O)C(N)CN1CC2C[C@H]1C(=O)N2c1cccc(F)c1. The molecule has 2 bridgehead atoms. The van der Waals surface area contributed by atoms with Gasteiger partial charge in [0.2, 0.25) is 11.8 Å². The molecular weight excluding hydrogens is 349 g/mol. The van der Waals surface area contributed by atoms with Gasteiger partial charge in [0.15, 0.2) is 0 Å². The average Bonchev–Trinajstić information content (AvgIpc) is 3.35. The Kier molecular flexibility index (Phi) is 4.58. The molecule has 3 aliphatic heterocycles. The number of piperazine rings is 1. The van der Waals surface area contributed by atoms with Crippen LogP contribution in [0, 0.1) is 17.1 Å². The van der Waals surface area contributed by atoms with Gasteiger partial charge >= 0.3 is 0 Å². The largest absolute Gasteiger partial charge is 0.325 e. The molecule has 3 unspecified atom stereocenters. The lowest BCUT2D eigenvalue weighted by atomic mass is 10.2. The molecule has 1 aromatic carbocycles. The van der Waals surface area contributed by atoms with Crippen LogP contribution in [-0.4, -0.2) is 65.4 Å². The number of anilines is 1. The molecule has 2 amide bonds. The Morgan fingerprint density at radius 2 is 2.26 bits per heavy atom. The molecule has 8 heteroatoms. The summed E-state index contributed by atoms with van der Waals surface area (Å²) in [5.41, 5.74) is 6.69. The number of carbonyl (C=O) groups is 2. The van der Waals surface area contributed by atoms with E-state index < -0.39 is 12.1 Å². The van der Waals surface area contributed by atoms with E-state index in [0.29, 0.717) is 31.6 Å². The van der Waals surface area contributed by atoms with Crippen molar-refractivity contribution in [1.82, 2.24) is 9.80 Å². The van der Waals surface area contributed by atoms with Crippen LogP contribution in [0.4, 0.5) is 10.1 Å². The Labute approximate surface area is 157 Å². The van der Waals surface area contributed by atoms with Gasteiger partial charge in [0, 0.05) is 25.3 Å². The van der Waals surface area contributed by atoms with E-state index in [4.69, 9.17) is 11.0 Å². The van der Waals surface area contributed by atoms with Crippen LogP contribution in [0.15, 0.2) is 24.3 Å². The summed E-state index contributed by atoms with van der Waals surface area (Å²) < 4.78 is 13.5. The van der Waals surface area contributed by atoms with E-state index >= 15 is 0 Å². The van der Waals surface area contributed by atoms with Gasteiger partial charge in [-0.1, -0.05) is 6.07 Å². The Balaban J connectivity index is 1.41. The van der Waals surface area contributed by atoms with Crippen LogP contribution in [0.3, 0.4) is 0 Å². The van der Waals surface area contributed by atoms with Crippen LogP contribution in [-0.2, 0) is 9.59 Å². The molecule has 0 aliphatic carbocycles. The topological polar surface area (TPSA) is 93.7 Å². The third-order valence-electron chi connectivity index (χ3n) is 5.79. The van der Waals surface area contributed by atoms with E-state index in [-0.39, 0.29) is 36.3 Å². The number of nitrogens with zero attached hydrogens (tertiary/aromatic N) is 4. The number of carbonyl (C=O) groups excluding carboxylic acids is 2. The molecule has 0 spiro atoms. The Morgan fingerprint density at radius 3 is 2.96 bits per heavy atom. The number of nitrogens with two attached hydrogens (primary N) is 1. The van der Waals surface area contributed by atoms with Crippen molar-refractivity contribution in [3.63, 3.8) is 0 Å². The van der Waals surface area contributed by atoms with Gasteiger partial charge in [-0.3, -0.25) is 14.5 Å². The first-order valence-electron chi connectivity index (χ1n) is 9.28. The highest BCUT2D eigenvalue weighted by atomic mass is 19.1. The molecular formula is C19H22FN5O2. The lowest BCUT2D eigenvalue weighted by molar-refractivity contribution is -0.134. The van der Waals surface area contributed by atoms with Gasteiger partial charge in [0.25, 0.3) is 0 Å². The summed E-state index contributed by atoms with van der Waals surface area (Å²) in [5, 5.41) is 9.16. The summed E-state index contributed by atoms with van der Waals surface area (Å²) in [5.74, 6) is -0.672. The molecule has 3 aliphatic rings. The van der Waals surface area contributed by atoms with E-state index in [1.54, 1.807) is 21.9 Å². The number of nitriles is 1. The summed E-state index contributed by atoms with van der Waals surface area (Å²) in [7, 11) is 0. The van der Waals surface area contributed by atoms with Crippen molar-refractivity contribution in [2.24, 2.45) is 5.73 Å². The maximum absolute atomic E-state index is 13.5. The van der Waals surface area contributed by atoms with Gasteiger partial charge in [-0.15, -0.1) is 0 Å². The van der Waals surface area contributed by atoms with Gasteiger partial charge in [-0.25, -0.2) is 4.39 Å². The first kappa shape index (κ1) is 17.9. The number of rotatable bonds is 4. The van der Waals surface area contributed by atoms with E-state index in [1.165, 1.54) is 12.1 Å². The zero-order valence-electron chi connectivity index (χ0n) is 14.9. The molecule has 3 saturated heterocycles. The van der Waals surface area contributed by atoms with Crippen molar-refractivity contribution in [1.29, 1.82) is 5.26 Å². The number of benzene rings is 1. The summed E-state index contributed by atoms with van der Waals surface area (Å²) in [4.78, 5) is 30.5. The standard InChI is InChI=1S/C19H22FN5O2/c20-12-3-1-4-13(7-12)25-15-8-17(19(25)27)23(10-15)11-16(22)18(26)24-6-2-5-14(24)9-21/h1,3-4,7,14-17H,2,5-6,8,10-11,22H2/t14?,15?,16?,17-/m0/s1. The first-order chi connectivity index (χ1) is 13.0. The van der Waals surface area contributed by atoms with Gasteiger partial charge in [0.05, 0.1) is 24.2 Å². The lowest BCUT2D eigenvalue weighted by Gasteiger charge is -2.35. The molecule has 2 N–H and O–H groups in total. The van der Waals surface area contributed by atoms with Crippen molar-refractivity contribution >= 4 is 17.5 Å². The quantitative estimate of drug-likeness (QED) is 0.830. The van der Waals surface area contributed by atoms with E-state index in [0.717, 1.165) is 6.42 Å². The average molecular weight is 371 g/mol. The van der Waals surface area contributed by atoms with Crippen LogP contribution in [0.5, 0.6) is 0 Å². The fourth-order valence-electron chi connectivity index (χ4n) is 4.54. The van der Waals surface area contributed by atoms with Crippen molar-refractivity contribution in [3.8, 4) is 6.07 Å². The van der Waals surface area contributed by atoms with Crippen molar-refractivity contribution in [2.75, 3.05) is 24.5 Å². The predicted molar refractivity (Wildman–Crippen MR) is 96.0 cm³/mol. The molecule has 3 fully saturated rings. The molecule has 7 nitrogen and oxygen atoms in total. The maximum atomic E-state index is 13.5. The number of amides is 2. The second-order valence-electron chi connectivity index (χ2n) is 7.47. The molecule has 3 heterocycles. The minimum atomic E-state index is -0.756. The third kappa shape index (κ3) is 3.07. The Morgan fingerprint density at radius 1 is 1.44 bits per heavy atom. The summed E-state index contributed by atoms with van der Waals surface area (Å²) in [6.45, 7) is 1.45. The van der Waals surface area contributed by atoms with Crippen molar-refractivity contribution in [2.45, 2.75) is 43.4 Å². The van der Waals surface area contributed by atoms with Crippen LogP contribution >= 0.6 is 0 Å². The monoisotopic (exact) mass is 371 g/mol. The van der Waals surface area contributed by atoms with Crippen LogP contribution < -0.4 is 10.6 Å². The minimum Gasteiger partial charge on any atom is -0.325 e. The fraction of sp³-hybridized carbons (Fsp3) is 0.526. The van der Waals surface area contributed by atoms with Crippen LogP contribution in [0.2, 0.25) is 0 Å². The molecule has 1 aromatic rings. The number of hydrogen-bond donors (Lipinski definition) is 1. The highest BCUT2D eigenvalue weighted by Gasteiger charge is 2.50. The van der Waals surface area contributed by atoms with Crippen molar-refractivity contribution < 1.29 is 14.0 Å². The van der Waals surface area contributed by atoms with Gasteiger partial charge in [-0.2, -0.15) is 5.26 Å². The first-order valence-corrected chi connectivity index (χ1v) is 9.28. The highest BCUT2D eigenvalue weighted by molar-refractivity contribution is 6.01. The predicted octanol–water partition coefficient (Wildman–Crippen LogP) is 0.457. The molecule has 4 atom stereocenters. The van der Waals surface area contributed by atoms with Gasteiger partial charge < -0.3 is 15.5 Å². The van der Waals surface area contributed by atoms with Gasteiger partial charge in [-0.05, 0) is 37.5 Å². The molecule has 0 radical (unpaired) electrons. The normalized spacial score (nSPS) is 28.6. The third-order valence-corrected chi connectivity index (χ3v) is 5.79. The highest BCUT2D eigenvalue weighted by Crippen LogP contribution is 2.35. The summed E-state index contributed by atoms with van der Waals surface area (Å²) in [6, 6.07) is 6.68. The zero-order valence-corrected chi connectivity index (χ0v) is 14.9. The molecule has 0 aromatic heterocycles. The zero-order chi connectivity index (χ0) is 19.1. The summed E-state index contributed by atoms with van der Waals surface area (Å²) >= 11 is 0. The van der Waals surface area contributed by atoms with Crippen molar-refractivity contribution in [3.05, 3.63) is 30.1 Å². The Hall–Kier alpha value is -2.50. The van der Waals surface area contributed by atoms with E-state index in [2.05, 4.69) is 6.07 Å². The summed E-state index contributed by atoms with van der Waals surface area (Å²) in [6.07, 6.45) is 2.15. The number of hydrogen-bond acceptors (Lipinski definition) is 5. The molecule has 4 rings (SSSR count). The molecule has 0 saturated carbocycles. The number of fused-ring (bicyclic) bond motifs is 2. The van der Waals surface area contributed by atoms with E-state index in [1.807, 2.05) is 4.90 Å². The molecule has 142 valence electrons. The lowest BCUT2D eigenvalue weighted by Crippen LogP contribution is -2.56. The smallest absolute Gasteiger partial charge is 0.244 e. The fourth-order valence-corrected chi connectivity index (χ4v) is 4.54. The second kappa shape index (κ2) is 6.91. The number of halogens is 1. The van der Waals surface area contributed by atoms with E-state index in [9.17, 15) is 14.0 Å². The maximum Gasteiger partial charge on any atom is 0.244 e.